The van der Waals surface area contributed by atoms with Gasteiger partial charge in [0.15, 0.2) is 0 Å². The second-order valence-corrected chi connectivity index (χ2v) is 10.8. The minimum atomic E-state index is -1.11. The summed E-state index contributed by atoms with van der Waals surface area (Å²) in [6.45, 7) is 3.43. The topological polar surface area (TPSA) is 166 Å². The maximum absolute atomic E-state index is 13.4. The first-order chi connectivity index (χ1) is 20.6. The van der Waals surface area contributed by atoms with Gasteiger partial charge < -0.3 is 10.6 Å². The molecule has 1 saturated heterocycles. The Morgan fingerprint density at radius 3 is 2.49 bits per heavy atom. The number of imide groups is 2. The Balaban J connectivity index is 1.19. The third-order valence-corrected chi connectivity index (χ3v) is 7.73. The second-order valence-electron chi connectivity index (χ2n) is 10.8. The van der Waals surface area contributed by atoms with Gasteiger partial charge in [-0.05, 0) is 50.6 Å². The van der Waals surface area contributed by atoms with E-state index < -0.39 is 35.2 Å². The summed E-state index contributed by atoms with van der Waals surface area (Å²) in [4.78, 5) is 64.3. The van der Waals surface area contributed by atoms with Gasteiger partial charge in [-0.25, -0.2) is 0 Å². The number of benzene rings is 3. The zero-order chi connectivity index (χ0) is 30.5. The van der Waals surface area contributed by atoms with Crippen molar-refractivity contribution in [1.82, 2.24) is 20.0 Å². The minimum absolute atomic E-state index is 0.0407. The Bertz CT molecular complexity index is 1920. The molecule has 4 aromatic rings. The van der Waals surface area contributed by atoms with Crippen LogP contribution in [0, 0.1) is 11.3 Å². The molecule has 6 rings (SSSR count). The third-order valence-electron chi connectivity index (χ3n) is 7.73. The predicted octanol–water partition coefficient (Wildman–Crippen LogP) is 3.43. The Morgan fingerprint density at radius 2 is 1.74 bits per heavy atom. The highest BCUT2D eigenvalue weighted by molar-refractivity contribution is 6.23. The number of fused-ring (bicyclic) bond motifs is 2. The van der Waals surface area contributed by atoms with E-state index >= 15 is 0 Å². The monoisotopic (exact) mass is 575 g/mol. The van der Waals surface area contributed by atoms with Crippen molar-refractivity contribution in [2.75, 3.05) is 10.6 Å². The van der Waals surface area contributed by atoms with Crippen LogP contribution in [0.25, 0.3) is 10.8 Å². The van der Waals surface area contributed by atoms with E-state index in [2.05, 4.69) is 27.1 Å². The summed E-state index contributed by atoms with van der Waals surface area (Å²) in [7, 11) is 0. The standard InChI is InChI=1S/C31H25N7O5/c1-31(2,30(43)35-24-10-7-17(14-32)20-5-3-4-6-21(20)24)37-16-19(15-33-37)34-18-8-9-22-23(13-18)29(42)38(28(22)41)25-11-12-26(39)36-27(25)40/h3-10,13,15-16,25,34H,11-12H2,1-2H3,(H,35,43)(H,36,39,40). The van der Waals surface area contributed by atoms with Crippen molar-refractivity contribution in [3.8, 4) is 6.07 Å². The van der Waals surface area contributed by atoms with Gasteiger partial charge in [-0.2, -0.15) is 10.4 Å². The van der Waals surface area contributed by atoms with Crippen molar-refractivity contribution < 1.29 is 24.0 Å². The third kappa shape index (κ3) is 4.66. The molecule has 1 fully saturated rings. The van der Waals surface area contributed by atoms with Crippen LogP contribution in [0.1, 0.15) is 53.0 Å². The van der Waals surface area contributed by atoms with Crippen LogP contribution in [0.15, 0.2) is 67.0 Å². The van der Waals surface area contributed by atoms with Gasteiger partial charge in [0.1, 0.15) is 11.6 Å². The van der Waals surface area contributed by atoms with Crippen LogP contribution in [-0.2, 0) is 19.9 Å². The van der Waals surface area contributed by atoms with Gasteiger partial charge in [0.2, 0.25) is 11.8 Å². The van der Waals surface area contributed by atoms with Crippen LogP contribution in [0.4, 0.5) is 17.1 Å². The fourth-order valence-corrected chi connectivity index (χ4v) is 5.29. The molecule has 3 aromatic carbocycles. The number of carbonyl (C=O) groups excluding carboxylic acids is 5. The highest BCUT2D eigenvalue weighted by Crippen LogP contribution is 2.32. The quantitative estimate of drug-likeness (QED) is 0.294. The Kier molecular flexibility index (Phi) is 6.50. The molecule has 1 aromatic heterocycles. The Morgan fingerprint density at radius 1 is 1.00 bits per heavy atom. The number of hydrogen-bond donors (Lipinski definition) is 3. The number of piperidine rings is 1. The highest BCUT2D eigenvalue weighted by Gasteiger charge is 2.44. The number of hydrogen-bond acceptors (Lipinski definition) is 8. The highest BCUT2D eigenvalue weighted by atomic mass is 16.2. The molecule has 12 nitrogen and oxygen atoms in total. The lowest BCUT2D eigenvalue weighted by molar-refractivity contribution is -0.136. The average Bonchev–Trinajstić information content (AvgIpc) is 3.56. The molecule has 3 heterocycles. The van der Waals surface area contributed by atoms with E-state index in [1.54, 1.807) is 38.2 Å². The summed E-state index contributed by atoms with van der Waals surface area (Å²) in [6.07, 6.45) is 3.29. The molecule has 3 N–H and O–H groups in total. The van der Waals surface area contributed by atoms with Gasteiger partial charge >= 0.3 is 0 Å². The molecule has 0 aliphatic carbocycles. The Labute approximate surface area is 245 Å². The Hall–Kier alpha value is -5.83. The fourth-order valence-electron chi connectivity index (χ4n) is 5.29. The molecule has 1 atom stereocenters. The van der Waals surface area contributed by atoms with Gasteiger partial charge in [-0.3, -0.25) is 38.9 Å². The van der Waals surface area contributed by atoms with Crippen molar-refractivity contribution >= 4 is 57.4 Å². The molecule has 0 saturated carbocycles. The number of amides is 5. The van der Waals surface area contributed by atoms with Crippen LogP contribution in [0.5, 0.6) is 0 Å². The molecule has 43 heavy (non-hydrogen) atoms. The molecular formula is C31H25N7O5. The smallest absolute Gasteiger partial charge is 0.262 e. The van der Waals surface area contributed by atoms with E-state index in [-0.39, 0.29) is 29.9 Å². The van der Waals surface area contributed by atoms with E-state index in [0.717, 1.165) is 15.7 Å². The minimum Gasteiger partial charge on any atom is -0.353 e. The van der Waals surface area contributed by atoms with Crippen molar-refractivity contribution in [2.45, 2.75) is 38.3 Å². The van der Waals surface area contributed by atoms with Crippen molar-refractivity contribution in [3.05, 3.63) is 83.7 Å². The van der Waals surface area contributed by atoms with Gasteiger partial charge in [-0.1, -0.05) is 24.3 Å². The van der Waals surface area contributed by atoms with E-state index in [9.17, 15) is 29.2 Å². The van der Waals surface area contributed by atoms with Gasteiger partial charge in [0, 0.05) is 34.8 Å². The molecule has 5 amide bonds. The zero-order valence-corrected chi connectivity index (χ0v) is 23.2. The van der Waals surface area contributed by atoms with Crippen molar-refractivity contribution in [3.63, 3.8) is 0 Å². The number of aromatic nitrogens is 2. The van der Waals surface area contributed by atoms with E-state index in [0.29, 0.717) is 22.6 Å². The summed E-state index contributed by atoms with van der Waals surface area (Å²) in [5.41, 5.74) is 1.31. The summed E-state index contributed by atoms with van der Waals surface area (Å²) in [6, 6.07) is 16.5. The normalized spacial score (nSPS) is 16.6. The van der Waals surface area contributed by atoms with Crippen LogP contribution in [0.3, 0.4) is 0 Å². The first-order valence-corrected chi connectivity index (χ1v) is 13.5. The number of carbonyl (C=O) groups is 5. The maximum Gasteiger partial charge on any atom is 0.262 e. The van der Waals surface area contributed by atoms with Crippen molar-refractivity contribution in [2.24, 2.45) is 0 Å². The zero-order valence-electron chi connectivity index (χ0n) is 23.2. The van der Waals surface area contributed by atoms with Crippen molar-refractivity contribution in [1.29, 1.82) is 5.26 Å². The molecule has 214 valence electrons. The van der Waals surface area contributed by atoms with E-state index in [1.165, 1.54) is 23.0 Å². The summed E-state index contributed by atoms with van der Waals surface area (Å²) in [5.74, 6) is -2.63. The SMILES string of the molecule is CC(C)(C(=O)Nc1ccc(C#N)c2ccccc12)n1cc(Nc2ccc3c(c2)C(=O)N(C2CCC(=O)NC2=O)C3=O)cn1. The summed E-state index contributed by atoms with van der Waals surface area (Å²) in [5, 5.41) is 23.6. The lowest BCUT2D eigenvalue weighted by Gasteiger charge is -2.27. The molecular weight excluding hydrogens is 550 g/mol. The molecule has 0 bridgehead atoms. The number of rotatable bonds is 6. The molecule has 12 heteroatoms. The second kappa shape index (κ2) is 10.2. The first-order valence-electron chi connectivity index (χ1n) is 13.5. The molecule has 0 spiro atoms. The largest absolute Gasteiger partial charge is 0.353 e. The van der Waals surface area contributed by atoms with Gasteiger partial charge in [-0.15, -0.1) is 0 Å². The lowest BCUT2D eigenvalue weighted by atomic mass is 10.0. The van der Waals surface area contributed by atoms with Crippen LogP contribution < -0.4 is 16.0 Å². The maximum atomic E-state index is 13.4. The predicted molar refractivity (Wildman–Crippen MR) is 155 cm³/mol. The fraction of sp³-hybridized carbons (Fsp3) is 0.194. The van der Waals surface area contributed by atoms with Crippen LogP contribution in [0.2, 0.25) is 0 Å². The lowest BCUT2D eigenvalue weighted by Crippen LogP contribution is -2.54. The number of nitrogens with zero attached hydrogens (tertiary/aromatic N) is 4. The van der Waals surface area contributed by atoms with Gasteiger partial charge in [0.25, 0.3) is 17.7 Å². The average molecular weight is 576 g/mol. The number of nitriles is 1. The number of nitrogens with one attached hydrogen (secondary N) is 3. The molecule has 2 aliphatic heterocycles. The van der Waals surface area contributed by atoms with Gasteiger partial charge in [0.05, 0.1) is 34.6 Å². The van der Waals surface area contributed by atoms with Crippen LogP contribution in [-0.4, -0.2) is 50.3 Å². The molecule has 1 unspecified atom stereocenters. The first kappa shape index (κ1) is 27.3. The van der Waals surface area contributed by atoms with Crippen LogP contribution >= 0.6 is 0 Å². The number of anilines is 3. The van der Waals surface area contributed by atoms with E-state index in [1.807, 2.05) is 24.3 Å². The summed E-state index contributed by atoms with van der Waals surface area (Å²) < 4.78 is 1.50. The van der Waals surface area contributed by atoms with E-state index in [4.69, 9.17) is 0 Å². The molecule has 0 radical (unpaired) electrons. The summed E-state index contributed by atoms with van der Waals surface area (Å²) >= 11 is 0. The molecule has 2 aliphatic rings.